The van der Waals surface area contributed by atoms with Gasteiger partial charge in [0.2, 0.25) is 0 Å². The summed E-state index contributed by atoms with van der Waals surface area (Å²) in [6.45, 7) is 0.840. The zero-order valence-electron chi connectivity index (χ0n) is 13.7. The van der Waals surface area contributed by atoms with Gasteiger partial charge in [0, 0.05) is 19.0 Å². The molecule has 0 aliphatic heterocycles. The Morgan fingerprint density at radius 3 is 2.65 bits per heavy atom. The molecule has 0 bridgehead atoms. The van der Waals surface area contributed by atoms with Crippen LogP contribution in [0.2, 0.25) is 0 Å². The van der Waals surface area contributed by atoms with Crippen molar-refractivity contribution in [1.29, 1.82) is 0 Å². The van der Waals surface area contributed by atoms with Gasteiger partial charge in [-0.1, -0.05) is 42.0 Å². The summed E-state index contributed by atoms with van der Waals surface area (Å²) in [4.78, 5) is 23.8. The largest absolute Gasteiger partial charge is 0.341 e. The molecule has 0 aromatic heterocycles. The maximum Gasteiger partial charge on any atom is 0.321 e. The molecule has 1 aromatic rings. The van der Waals surface area contributed by atoms with Gasteiger partial charge in [-0.2, -0.15) is 0 Å². The van der Waals surface area contributed by atoms with Gasteiger partial charge in [-0.15, -0.1) is 0 Å². The molecule has 1 aliphatic rings. The fourth-order valence-corrected chi connectivity index (χ4v) is 2.87. The van der Waals surface area contributed by atoms with Crippen LogP contribution in [0, 0.1) is 0 Å². The molecule has 0 heterocycles. The van der Waals surface area contributed by atoms with Gasteiger partial charge in [0.15, 0.2) is 6.04 Å². The van der Waals surface area contributed by atoms with Gasteiger partial charge in [0.1, 0.15) is 0 Å². The maximum atomic E-state index is 12.4. The molecule has 5 nitrogen and oxygen atoms in total. The number of hydrogen-bond donors (Lipinski definition) is 3. The topological polar surface area (TPSA) is 74.8 Å². The van der Waals surface area contributed by atoms with E-state index in [1.54, 1.807) is 0 Å². The highest BCUT2D eigenvalue weighted by Gasteiger charge is 2.25. The van der Waals surface area contributed by atoms with Gasteiger partial charge in [-0.05, 0) is 25.7 Å². The average molecular weight is 316 g/mol. The number of rotatable bonds is 6. The molecule has 0 fully saturated rings. The molecular weight excluding hydrogens is 290 g/mol. The zero-order chi connectivity index (χ0) is 16.5. The second-order valence-corrected chi connectivity index (χ2v) is 5.84. The van der Waals surface area contributed by atoms with Crippen LogP contribution in [-0.4, -0.2) is 25.5 Å². The average Bonchev–Trinajstić information content (AvgIpc) is 2.60. The van der Waals surface area contributed by atoms with Crippen molar-refractivity contribution < 1.29 is 14.9 Å². The lowest BCUT2D eigenvalue weighted by atomic mass is 9.97. The highest BCUT2D eigenvalue weighted by Crippen LogP contribution is 2.19. The first-order chi connectivity index (χ1) is 11.2. The van der Waals surface area contributed by atoms with Gasteiger partial charge in [-0.3, -0.25) is 10.1 Å². The molecule has 0 saturated carbocycles. The number of amides is 3. The predicted molar refractivity (Wildman–Crippen MR) is 89.7 cm³/mol. The van der Waals surface area contributed by atoms with Crippen LogP contribution >= 0.6 is 0 Å². The number of carbonyl (C=O) groups excluding carboxylic acids is 2. The zero-order valence-corrected chi connectivity index (χ0v) is 13.7. The summed E-state index contributed by atoms with van der Waals surface area (Å²) in [6.07, 6.45) is 8.23. The molecule has 0 unspecified atom stereocenters. The minimum atomic E-state index is -0.473. The van der Waals surface area contributed by atoms with Crippen molar-refractivity contribution in [3.8, 4) is 0 Å². The molecule has 3 amide bonds. The molecular formula is C18H26N3O2+. The number of nitrogens with one attached hydrogen (secondary N) is 2. The molecule has 23 heavy (non-hydrogen) atoms. The predicted octanol–water partition coefficient (Wildman–Crippen LogP) is 1.64. The summed E-state index contributed by atoms with van der Waals surface area (Å²) in [5, 5.41) is 6.81. The first-order valence-electron chi connectivity index (χ1n) is 8.29. The molecule has 0 saturated heterocycles. The Labute approximate surface area is 137 Å². The number of quaternary nitrogens is 1. The Morgan fingerprint density at radius 1 is 1.22 bits per heavy atom. The Hall–Kier alpha value is -2.14. The van der Waals surface area contributed by atoms with Crippen LogP contribution in [0.4, 0.5) is 4.79 Å². The van der Waals surface area contributed by atoms with Gasteiger partial charge in [0.05, 0.1) is 6.54 Å². The number of imide groups is 1. The smallest absolute Gasteiger partial charge is 0.321 e. The monoisotopic (exact) mass is 316 g/mol. The summed E-state index contributed by atoms with van der Waals surface area (Å²) in [5.74, 6) is -0.284. The van der Waals surface area contributed by atoms with Gasteiger partial charge in [0.25, 0.3) is 5.91 Å². The highest BCUT2D eigenvalue weighted by atomic mass is 16.2. The number of hydrogen-bond acceptors (Lipinski definition) is 2. The minimum absolute atomic E-state index is 0.284. The van der Waals surface area contributed by atoms with Gasteiger partial charge < -0.3 is 10.6 Å². The summed E-state index contributed by atoms with van der Waals surface area (Å²) >= 11 is 0. The van der Waals surface area contributed by atoms with E-state index in [0.29, 0.717) is 0 Å². The van der Waals surface area contributed by atoms with Gasteiger partial charge >= 0.3 is 6.03 Å². The lowest BCUT2D eigenvalue weighted by Gasteiger charge is -2.17. The van der Waals surface area contributed by atoms with Crippen molar-refractivity contribution in [2.45, 2.75) is 38.1 Å². The van der Waals surface area contributed by atoms with E-state index >= 15 is 0 Å². The molecule has 124 valence electrons. The number of allylic oxidation sites excluding steroid dienone is 1. The van der Waals surface area contributed by atoms with E-state index in [0.717, 1.165) is 18.5 Å². The molecule has 0 radical (unpaired) electrons. The first kappa shape index (κ1) is 17.2. The van der Waals surface area contributed by atoms with E-state index < -0.39 is 12.1 Å². The van der Waals surface area contributed by atoms with E-state index in [1.165, 1.54) is 38.3 Å². The summed E-state index contributed by atoms with van der Waals surface area (Å²) in [5.41, 5.74) is 2.40. The number of benzene rings is 1. The molecule has 4 N–H and O–H groups in total. The fraction of sp³-hybridized carbons (Fsp3) is 0.444. The lowest BCUT2D eigenvalue weighted by molar-refractivity contribution is -0.682. The quantitative estimate of drug-likeness (QED) is 0.698. The van der Waals surface area contributed by atoms with Crippen molar-refractivity contribution >= 4 is 11.9 Å². The number of nitrogens with two attached hydrogens (primary N) is 1. The highest BCUT2D eigenvalue weighted by molar-refractivity contribution is 5.96. The van der Waals surface area contributed by atoms with Crippen LogP contribution < -0.4 is 16.0 Å². The Kier molecular flexibility index (Phi) is 6.81. The van der Waals surface area contributed by atoms with Crippen LogP contribution in [-0.2, 0) is 4.79 Å². The lowest BCUT2D eigenvalue weighted by Crippen LogP contribution is -2.87. The van der Waals surface area contributed by atoms with E-state index in [-0.39, 0.29) is 5.91 Å². The second kappa shape index (κ2) is 9.10. The van der Waals surface area contributed by atoms with Crippen LogP contribution in [0.3, 0.4) is 0 Å². The Morgan fingerprint density at radius 2 is 2.00 bits per heavy atom. The van der Waals surface area contributed by atoms with Crippen molar-refractivity contribution in [3.05, 3.63) is 47.5 Å². The SMILES string of the molecule is CNC(=O)NC(=O)[C@@H]([NH2+]CCC1=CCCCC1)c1ccccc1. The Balaban J connectivity index is 1.97. The standard InChI is InChI=1S/C18H25N3O2/c1-19-18(23)21-17(22)16(15-10-6-3-7-11-15)20-13-12-14-8-4-2-5-9-14/h3,6-8,10-11,16,20H,2,4-5,9,12-13H2,1H3,(H2,19,21,22,23)/p+1/t16-/m0/s1. The second-order valence-electron chi connectivity index (χ2n) is 5.84. The number of carbonyl (C=O) groups is 2. The third-order valence-electron chi connectivity index (χ3n) is 4.16. The molecule has 1 atom stereocenters. The van der Waals surface area contributed by atoms with Crippen molar-refractivity contribution in [2.24, 2.45) is 0 Å². The summed E-state index contributed by atoms with van der Waals surface area (Å²) < 4.78 is 0. The van der Waals surface area contributed by atoms with Crippen LogP contribution in [0.1, 0.15) is 43.7 Å². The number of urea groups is 1. The van der Waals surface area contributed by atoms with Crippen molar-refractivity contribution in [3.63, 3.8) is 0 Å². The maximum absolute atomic E-state index is 12.4. The minimum Gasteiger partial charge on any atom is -0.341 e. The summed E-state index contributed by atoms with van der Waals surface area (Å²) in [7, 11) is 1.50. The van der Waals surface area contributed by atoms with E-state index in [4.69, 9.17) is 0 Å². The molecule has 2 rings (SSSR count). The molecule has 5 heteroatoms. The third-order valence-corrected chi connectivity index (χ3v) is 4.16. The normalized spacial score (nSPS) is 15.4. The van der Waals surface area contributed by atoms with E-state index in [9.17, 15) is 9.59 Å². The third kappa shape index (κ3) is 5.53. The van der Waals surface area contributed by atoms with Crippen LogP contribution in [0.25, 0.3) is 0 Å². The van der Waals surface area contributed by atoms with Gasteiger partial charge in [-0.25, -0.2) is 4.79 Å². The summed E-state index contributed by atoms with van der Waals surface area (Å²) in [6, 6.07) is 8.70. The van der Waals surface area contributed by atoms with Crippen molar-refractivity contribution in [1.82, 2.24) is 10.6 Å². The fourth-order valence-electron chi connectivity index (χ4n) is 2.87. The molecule has 0 spiro atoms. The molecule has 1 aliphatic carbocycles. The first-order valence-corrected chi connectivity index (χ1v) is 8.29. The van der Waals surface area contributed by atoms with Crippen LogP contribution in [0.5, 0.6) is 0 Å². The Bertz CT molecular complexity index is 555. The van der Waals surface area contributed by atoms with Crippen molar-refractivity contribution in [2.75, 3.05) is 13.6 Å². The van der Waals surface area contributed by atoms with E-state index in [2.05, 4.69) is 16.7 Å². The molecule has 1 aromatic carbocycles. The van der Waals surface area contributed by atoms with Crippen LogP contribution in [0.15, 0.2) is 42.0 Å². The van der Waals surface area contributed by atoms with E-state index in [1.807, 2.05) is 35.6 Å².